The maximum absolute atomic E-state index is 5.34. The average molecular weight is 239 g/mol. The van der Waals surface area contributed by atoms with Crippen LogP contribution in [0.2, 0.25) is 0 Å². The van der Waals surface area contributed by atoms with E-state index in [2.05, 4.69) is 30.1 Å². The van der Waals surface area contributed by atoms with E-state index in [1.165, 1.54) is 24.3 Å². The highest BCUT2D eigenvalue weighted by molar-refractivity contribution is 7.99. The molecule has 16 heavy (non-hydrogen) atoms. The van der Waals surface area contributed by atoms with E-state index in [9.17, 15) is 0 Å². The van der Waals surface area contributed by atoms with Gasteiger partial charge in [-0.15, -0.1) is 0 Å². The molecule has 2 atom stereocenters. The quantitative estimate of drug-likeness (QED) is 0.855. The lowest BCUT2D eigenvalue weighted by atomic mass is 10.1. The molecule has 2 rings (SSSR count). The normalized spacial score (nSPS) is 23.2. The molecule has 2 nitrogen and oxygen atoms in total. The van der Waals surface area contributed by atoms with Gasteiger partial charge in [0, 0.05) is 24.3 Å². The highest BCUT2D eigenvalue weighted by Gasteiger charge is 2.15. The Morgan fingerprint density at radius 1 is 1.62 bits per heavy atom. The third kappa shape index (κ3) is 3.87. The summed E-state index contributed by atoms with van der Waals surface area (Å²) in [4.78, 5) is 0. The zero-order valence-electron chi connectivity index (χ0n) is 9.95. The number of hydrogen-bond acceptors (Lipinski definition) is 3. The predicted octanol–water partition coefficient (Wildman–Crippen LogP) is 3.09. The van der Waals surface area contributed by atoms with Crippen molar-refractivity contribution in [1.82, 2.24) is 5.32 Å². The molecule has 1 saturated heterocycles. The molecule has 2 heterocycles. The van der Waals surface area contributed by atoms with Gasteiger partial charge in [0.1, 0.15) is 5.76 Å². The molecule has 3 heteroatoms. The largest absolute Gasteiger partial charge is 0.469 e. The number of furan rings is 1. The minimum atomic E-state index is 0.591. The number of hydrogen-bond donors (Lipinski definition) is 1. The van der Waals surface area contributed by atoms with Crippen LogP contribution in [0.5, 0.6) is 0 Å². The third-order valence-corrected chi connectivity index (χ3v) is 4.30. The Kier molecular flexibility index (Phi) is 4.79. The smallest absolute Gasteiger partial charge is 0.103 e. The molecule has 1 aliphatic rings. The van der Waals surface area contributed by atoms with E-state index in [1.54, 1.807) is 6.26 Å². The second-order valence-electron chi connectivity index (χ2n) is 4.60. The van der Waals surface area contributed by atoms with Gasteiger partial charge in [0.05, 0.1) is 6.26 Å². The molecular weight excluding hydrogens is 218 g/mol. The fourth-order valence-corrected chi connectivity index (χ4v) is 3.26. The molecule has 1 aromatic rings. The summed E-state index contributed by atoms with van der Waals surface area (Å²) >= 11 is 2.08. The van der Waals surface area contributed by atoms with E-state index in [4.69, 9.17) is 4.42 Å². The number of aryl methyl sites for hydroxylation is 1. The van der Waals surface area contributed by atoms with Crippen molar-refractivity contribution in [3.8, 4) is 0 Å². The molecule has 0 radical (unpaired) electrons. The number of rotatable bonds is 5. The first-order valence-corrected chi connectivity index (χ1v) is 7.36. The van der Waals surface area contributed by atoms with Gasteiger partial charge in [0.2, 0.25) is 0 Å². The Morgan fingerprint density at radius 3 is 3.25 bits per heavy atom. The fraction of sp³-hybridized carbons (Fsp3) is 0.692. The first-order valence-electron chi connectivity index (χ1n) is 6.21. The molecule has 1 aliphatic heterocycles. The van der Waals surface area contributed by atoms with Crippen molar-refractivity contribution in [3.63, 3.8) is 0 Å². The lowest BCUT2D eigenvalue weighted by Gasteiger charge is -2.26. The molecule has 90 valence electrons. The topological polar surface area (TPSA) is 25.2 Å². The monoisotopic (exact) mass is 239 g/mol. The van der Waals surface area contributed by atoms with Crippen LogP contribution >= 0.6 is 11.8 Å². The summed E-state index contributed by atoms with van der Waals surface area (Å²) in [5.41, 5.74) is 0. The van der Waals surface area contributed by atoms with Crippen LogP contribution in [0.4, 0.5) is 0 Å². The molecule has 0 bridgehead atoms. The highest BCUT2D eigenvalue weighted by atomic mass is 32.2. The minimum Gasteiger partial charge on any atom is -0.469 e. The second-order valence-corrected chi connectivity index (χ2v) is 5.75. The molecule has 0 aliphatic carbocycles. The fourth-order valence-electron chi connectivity index (χ4n) is 2.17. The average Bonchev–Trinajstić information content (AvgIpc) is 2.81. The summed E-state index contributed by atoms with van der Waals surface area (Å²) < 4.78 is 5.34. The van der Waals surface area contributed by atoms with Gasteiger partial charge in [-0.25, -0.2) is 0 Å². The van der Waals surface area contributed by atoms with Crippen LogP contribution in [-0.4, -0.2) is 23.6 Å². The van der Waals surface area contributed by atoms with Crippen LogP contribution in [0.15, 0.2) is 22.8 Å². The summed E-state index contributed by atoms with van der Waals surface area (Å²) in [6.07, 6.45) is 6.67. The first kappa shape index (κ1) is 12.1. The van der Waals surface area contributed by atoms with Crippen LogP contribution in [0.25, 0.3) is 0 Å². The molecule has 1 aromatic heterocycles. The zero-order valence-corrected chi connectivity index (χ0v) is 10.8. The first-order chi connectivity index (χ1) is 7.84. The molecule has 2 unspecified atom stereocenters. The van der Waals surface area contributed by atoms with Gasteiger partial charge in [-0.2, -0.15) is 11.8 Å². The third-order valence-electron chi connectivity index (χ3n) is 3.08. The van der Waals surface area contributed by atoms with Gasteiger partial charge < -0.3 is 9.73 Å². The lowest BCUT2D eigenvalue weighted by molar-refractivity contribution is 0.410. The van der Waals surface area contributed by atoms with E-state index in [1.807, 2.05) is 6.07 Å². The van der Waals surface area contributed by atoms with E-state index < -0.39 is 0 Å². The number of nitrogens with one attached hydrogen (secondary N) is 1. The summed E-state index contributed by atoms with van der Waals surface area (Å²) in [7, 11) is 0. The zero-order chi connectivity index (χ0) is 11.2. The van der Waals surface area contributed by atoms with E-state index in [0.717, 1.165) is 24.6 Å². The maximum Gasteiger partial charge on any atom is 0.103 e. The van der Waals surface area contributed by atoms with Crippen molar-refractivity contribution >= 4 is 11.8 Å². The highest BCUT2D eigenvalue weighted by Crippen LogP contribution is 2.17. The molecule has 1 fully saturated rings. The van der Waals surface area contributed by atoms with Gasteiger partial charge in [-0.3, -0.25) is 0 Å². The van der Waals surface area contributed by atoms with Crippen molar-refractivity contribution in [2.24, 2.45) is 0 Å². The molecule has 0 aromatic carbocycles. The summed E-state index contributed by atoms with van der Waals surface area (Å²) in [5.74, 6) is 3.73. The van der Waals surface area contributed by atoms with Gasteiger partial charge in [0.25, 0.3) is 0 Å². The molecular formula is C13H21NOS. The Morgan fingerprint density at radius 2 is 2.56 bits per heavy atom. The van der Waals surface area contributed by atoms with Gasteiger partial charge in [-0.1, -0.05) is 0 Å². The molecule has 0 amide bonds. The van der Waals surface area contributed by atoms with Crippen LogP contribution in [0, 0.1) is 0 Å². The lowest BCUT2D eigenvalue weighted by Crippen LogP contribution is -2.40. The Labute approximate surface area is 102 Å². The summed E-state index contributed by atoms with van der Waals surface area (Å²) in [6.45, 7) is 2.28. The van der Waals surface area contributed by atoms with Gasteiger partial charge in [0.15, 0.2) is 0 Å². The van der Waals surface area contributed by atoms with Gasteiger partial charge in [-0.05, 0) is 44.1 Å². The molecule has 1 N–H and O–H groups in total. The SMILES string of the molecule is CC(CCc1ccco1)NC1CCCSC1. The van der Waals surface area contributed by atoms with Crippen LogP contribution in [-0.2, 0) is 6.42 Å². The Balaban J connectivity index is 1.65. The van der Waals surface area contributed by atoms with Crippen LogP contribution < -0.4 is 5.32 Å². The van der Waals surface area contributed by atoms with E-state index in [-0.39, 0.29) is 0 Å². The predicted molar refractivity (Wildman–Crippen MR) is 70.0 cm³/mol. The Bertz CT molecular complexity index is 280. The summed E-state index contributed by atoms with van der Waals surface area (Å²) in [5, 5.41) is 3.72. The van der Waals surface area contributed by atoms with Crippen molar-refractivity contribution < 1.29 is 4.42 Å². The maximum atomic E-state index is 5.34. The van der Waals surface area contributed by atoms with Crippen LogP contribution in [0.3, 0.4) is 0 Å². The summed E-state index contributed by atoms with van der Waals surface area (Å²) in [6, 6.07) is 5.34. The Hall–Kier alpha value is -0.410. The molecule has 0 spiro atoms. The van der Waals surface area contributed by atoms with Crippen LogP contribution in [0.1, 0.15) is 31.9 Å². The molecule has 0 saturated carbocycles. The minimum absolute atomic E-state index is 0.591. The second kappa shape index (κ2) is 6.36. The van der Waals surface area contributed by atoms with E-state index >= 15 is 0 Å². The van der Waals surface area contributed by atoms with Crippen molar-refractivity contribution in [2.75, 3.05) is 11.5 Å². The van der Waals surface area contributed by atoms with Crippen molar-refractivity contribution in [3.05, 3.63) is 24.2 Å². The van der Waals surface area contributed by atoms with Gasteiger partial charge >= 0.3 is 0 Å². The number of thioether (sulfide) groups is 1. The van der Waals surface area contributed by atoms with E-state index in [0.29, 0.717) is 6.04 Å². The standard InChI is InChI=1S/C13H21NOS/c1-11(6-7-13-5-2-8-15-13)14-12-4-3-9-16-10-12/h2,5,8,11-12,14H,3-4,6-7,9-10H2,1H3. The van der Waals surface area contributed by atoms with Crippen molar-refractivity contribution in [1.29, 1.82) is 0 Å². The van der Waals surface area contributed by atoms with Crippen molar-refractivity contribution in [2.45, 2.75) is 44.7 Å².